The molecule has 1 saturated carbocycles. The van der Waals surface area contributed by atoms with Crippen LogP contribution in [0.5, 0.6) is 0 Å². The Balaban J connectivity index is 2.18. The van der Waals surface area contributed by atoms with E-state index in [0.717, 1.165) is 18.7 Å². The Labute approximate surface area is 115 Å². The molecule has 0 aromatic heterocycles. The van der Waals surface area contributed by atoms with Crippen LogP contribution in [0.1, 0.15) is 5.56 Å². The number of allylic oxidation sites excluding steroid dienone is 1. The van der Waals surface area contributed by atoms with E-state index in [9.17, 15) is 19.2 Å². The Morgan fingerprint density at radius 2 is 1.75 bits per heavy atom. The lowest BCUT2D eigenvalue weighted by atomic mass is 9.99. The van der Waals surface area contributed by atoms with Crippen molar-refractivity contribution in [2.24, 2.45) is 5.92 Å². The minimum atomic E-state index is -1.56. The van der Waals surface area contributed by atoms with E-state index in [1.807, 2.05) is 6.07 Å². The van der Waals surface area contributed by atoms with Crippen molar-refractivity contribution in [3.8, 4) is 0 Å². The molecular formula is C15H12O5. The maximum Gasteiger partial charge on any atom is 0.235 e. The second-order valence-corrected chi connectivity index (χ2v) is 4.33. The monoisotopic (exact) mass is 272 g/mol. The zero-order valence-corrected chi connectivity index (χ0v) is 10.7. The van der Waals surface area contributed by atoms with Crippen LogP contribution in [0.4, 0.5) is 0 Å². The molecule has 20 heavy (non-hydrogen) atoms. The first-order chi connectivity index (χ1) is 9.56. The number of ether oxygens (including phenoxy) is 1. The molecule has 5 heteroatoms. The lowest BCUT2D eigenvalue weighted by molar-refractivity contribution is -0.140. The number of rotatable bonds is 4. The maximum absolute atomic E-state index is 11.9. The van der Waals surface area contributed by atoms with Gasteiger partial charge in [0, 0.05) is 7.11 Å². The minimum absolute atomic E-state index is 0.697. The third kappa shape index (κ3) is 2.48. The maximum atomic E-state index is 11.9. The number of hydrogen-bond acceptors (Lipinski definition) is 5. The smallest absolute Gasteiger partial charge is 0.235 e. The normalized spacial score (nSPS) is 22.8. The van der Waals surface area contributed by atoms with Gasteiger partial charge in [-0.2, -0.15) is 0 Å². The summed E-state index contributed by atoms with van der Waals surface area (Å²) in [5, 5.41) is 0. The zero-order chi connectivity index (χ0) is 14.7. The molecule has 1 aliphatic rings. The molecule has 0 radical (unpaired) electrons. The molecule has 1 aliphatic carbocycles. The molecule has 0 saturated heterocycles. The topological polar surface area (TPSA) is 77.5 Å². The quantitative estimate of drug-likeness (QED) is 0.456. The van der Waals surface area contributed by atoms with Gasteiger partial charge in [0.2, 0.25) is 11.6 Å². The van der Waals surface area contributed by atoms with Gasteiger partial charge >= 0.3 is 0 Å². The van der Waals surface area contributed by atoms with Crippen LogP contribution in [0.3, 0.4) is 0 Å². The number of carbonyl (C=O) groups is 4. The highest BCUT2D eigenvalue weighted by atomic mass is 16.5. The van der Waals surface area contributed by atoms with Crippen LogP contribution in [0.2, 0.25) is 0 Å². The van der Waals surface area contributed by atoms with Crippen LogP contribution in [-0.4, -0.2) is 36.3 Å². The molecule has 0 spiro atoms. The second-order valence-electron chi connectivity index (χ2n) is 4.33. The first kappa shape index (κ1) is 14.0. The molecular weight excluding hydrogens is 260 g/mol. The molecule has 2 unspecified atom stereocenters. The van der Waals surface area contributed by atoms with Gasteiger partial charge in [0.05, 0.1) is 0 Å². The van der Waals surface area contributed by atoms with E-state index >= 15 is 0 Å². The first-order valence-corrected chi connectivity index (χ1v) is 5.98. The summed E-state index contributed by atoms with van der Waals surface area (Å²) in [5.41, 5.74) is 0.758. The Bertz CT molecular complexity index is 600. The van der Waals surface area contributed by atoms with Gasteiger partial charge in [-0.15, -0.1) is 0 Å². The van der Waals surface area contributed by atoms with Crippen LogP contribution in [0.15, 0.2) is 36.4 Å². The largest absolute Gasteiger partial charge is 0.365 e. The van der Waals surface area contributed by atoms with E-state index in [1.165, 1.54) is 6.08 Å². The van der Waals surface area contributed by atoms with Gasteiger partial charge in [-0.1, -0.05) is 36.4 Å². The van der Waals surface area contributed by atoms with Crippen molar-refractivity contribution in [1.29, 1.82) is 0 Å². The van der Waals surface area contributed by atoms with E-state index < -0.39 is 35.2 Å². The summed E-state index contributed by atoms with van der Waals surface area (Å²) in [6, 6.07) is 8.95. The number of Topliss-reactive ketones (excluding diaryl/α,β-unsaturated/α-hetero) is 3. The van der Waals surface area contributed by atoms with E-state index in [2.05, 4.69) is 4.74 Å². The van der Waals surface area contributed by atoms with Crippen molar-refractivity contribution in [2.45, 2.75) is 6.10 Å². The molecule has 2 rings (SSSR count). The van der Waals surface area contributed by atoms with Gasteiger partial charge in [0.15, 0.2) is 17.7 Å². The van der Waals surface area contributed by atoms with Gasteiger partial charge in [0.1, 0.15) is 5.92 Å². The molecule has 0 amide bonds. The summed E-state index contributed by atoms with van der Waals surface area (Å²) in [4.78, 5) is 46.8. The lowest BCUT2D eigenvalue weighted by Gasteiger charge is -2.03. The van der Waals surface area contributed by atoms with Crippen LogP contribution < -0.4 is 0 Å². The molecule has 0 aliphatic heterocycles. The summed E-state index contributed by atoms with van der Waals surface area (Å²) < 4.78 is 4.65. The molecule has 1 aromatic carbocycles. The van der Waals surface area contributed by atoms with Gasteiger partial charge in [-0.05, 0) is 11.6 Å². The van der Waals surface area contributed by atoms with Crippen LogP contribution in [0.25, 0.3) is 6.08 Å². The predicted molar refractivity (Wildman–Crippen MR) is 69.8 cm³/mol. The molecule has 102 valence electrons. The van der Waals surface area contributed by atoms with Crippen LogP contribution in [-0.2, 0) is 23.9 Å². The third-order valence-electron chi connectivity index (χ3n) is 3.05. The molecule has 0 heterocycles. The van der Waals surface area contributed by atoms with Crippen molar-refractivity contribution in [1.82, 2.24) is 0 Å². The van der Waals surface area contributed by atoms with Crippen LogP contribution >= 0.6 is 0 Å². The number of benzene rings is 1. The number of ketones is 4. The van der Waals surface area contributed by atoms with Gasteiger partial charge in [-0.3, -0.25) is 19.2 Å². The van der Waals surface area contributed by atoms with Gasteiger partial charge in [0.25, 0.3) is 0 Å². The van der Waals surface area contributed by atoms with Crippen molar-refractivity contribution >= 4 is 29.2 Å². The summed E-state index contributed by atoms with van der Waals surface area (Å²) >= 11 is 0. The Kier molecular flexibility index (Phi) is 4.00. The van der Waals surface area contributed by atoms with E-state index in [0.29, 0.717) is 0 Å². The fraction of sp³-hybridized carbons (Fsp3) is 0.200. The predicted octanol–water partition coefficient (Wildman–Crippen LogP) is 0.621. The van der Waals surface area contributed by atoms with Crippen LogP contribution in [0, 0.1) is 5.92 Å². The Morgan fingerprint density at radius 3 is 2.30 bits per heavy atom. The van der Waals surface area contributed by atoms with E-state index in [-0.39, 0.29) is 0 Å². The first-order valence-electron chi connectivity index (χ1n) is 5.98. The molecule has 5 nitrogen and oxygen atoms in total. The molecule has 0 N–H and O–H groups in total. The fourth-order valence-electron chi connectivity index (χ4n) is 2.01. The van der Waals surface area contributed by atoms with Crippen molar-refractivity contribution in [3.05, 3.63) is 42.0 Å². The molecule has 1 fully saturated rings. The summed E-state index contributed by atoms with van der Waals surface area (Å²) in [7, 11) is 1.15. The summed E-state index contributed by atoms with van der Waals surface area (Å²) in [5.74, 6) is -5.00. The van der Waals surface area contributed by atoms with Gasteiger partial charge in [-0.25, -0.2) is 0 Å². The molecule has 1 aromatic rings. The number of hydrogen-bond donors (Lipinski definition) is 0. The SMILES string of the molecule is COC1C(=O)C(=O)C(C(=O)C=Cc2ccccc2)C1=O. The minimum Gasteiger partial charge on any atom is -0.365 e. The highest BCUT2D eigenvalue weighted by Crippen LogP contribution is 2.19. The zero-order valence-electron chi connectivity index (χ0n) is 10.7. The van der Waals surface area contributed by atoms with Gasteiger partial charge < -0.3 is 4.74 Å². The number of methoxy groups -OCH3 is 1. The fourth-order valence-corrected chi connectivity index (χ4v) is 2.01. The molecule has 2 atom stereocenters. The van der Waals surface area contributed by atoms with Crippen molar-refractivity contribution < 1.29 is 23.9 Å². The van der Waals surface area contributed by atoms with E-state index in [4.69, 9.17) is 0 Å². The number of carbonyl (C=O) groups excluding carboxylic acids is 4. The average Bonchev–Trinajstić information content (AvgIpc) is 2.67. The molecule has 0 bridgehead atoms. The highest BCUT2D eigenvalue weighted by Gasteiger charge is 2.51. The Morgan fingerprint density at radius 1 is 1.10 bits per heavy atom. The van der Waals surface area contributed by atoms with Crippen molar-refractivity contribution in [3.63, 3.8) is 0 Å². The average molecular weight is 272 g/mol. The second kappa shape index (κ2) is 5.71. The van der Waals surface area contributed by atoms with Crippen molar-refractivity contribution in [2.75, 3.05) is 7.11 Å². The lowest BCUT2D eigenvalue weighted by Crippen LogP contribution is -2.27. The Hall–Kier alpha value is -2.40. The third-order valence-corrected chi connectivity index (χ3v) is 3.05. The summed E-state index contributed by atoms with van der Waals surface area (Å²) in [6.07, 6.45) is 1.19. The standard InChI is InChI=1S/C15H12O5/c1-20-15-13(18)11(12(17)14(15)19)10(16)8-7-9-5-3-2-4-6-9/h2-8,11,15H,1H3. The summed E-state index contributed by atoms with van der Waals surface area (Å²) in [6.45, 7) is 0. The van der Waals surface area contributed by atoms with E-state index in [1.54, 1.807) is 24.3 Å². The highest BCUT2D eigenvalue weighted by molar-refractivity contribution is 6.57.